The predicted molar refractivity (Wildman–Crippen MR) is 69.5 cm³/mol. The number of nitrogens with two attached hydrogens (primary N) is 1. The van der Waals surface area contributed by atoms with Crippen LogP contribution in [-0.4, -0.2) is 9.97 Å². The van der Waals surface area contributed by atoms with Gasteiger partial charge in [-0.2, -0.15) is 13.2 Å². The smallest absolute Gasteiger partial charge is 0.340 e. The summed E-state index contributed by atoms with van der Waals surface area (Å²) in [6, 6.07) is 4.74. The van der Waals surface area contributed by atoms with Crippen LogP contribution in [0.5, 0.6) is 0 Å². The molecule has 0 spiro atoms. The maximum absolute atomic E-state index is 13.0. The number of nitrogens with one attached hydrogen (secondary N) is 2. The monoisotopic (exact) mass is 321 g/mol. The number of nitrogens with zero attached hydrogens (tertiary/aromatic N) is 2. The van der Waals surface area contributed by atoms with Gasteiger partial charge in [0.15, 0.2) is 0 Å². The number of nitrogen functional groups attached to an aromatic ring is 1. The average molecular weight is 322 g/mol. The highest BCUT2D eigenvalue weighted by atomic mass is 35.5. The minimum absolute atomic E-state index is 0.173. The standard InChI is InChI=1S/C11H8ClF4N5/c12-6-3-5(1-2-7(6)13)18-8-4-9(21-17)20-10(19-8)11(14,15)16/h1-4H,17H2,(H2,18,19,20,21). The topological polar surface area (TPSA) is 75.9 Å². The van der Waals surface area contributed by atoms with Crippen molar-refractivity contribution in [1.29, 1.82) is 0 Å². The van der Waals surface area contributed by atoms with Gasteiger partial charge in [0.2, 0.25) is 5.82 Å². The van der Waals surface area contributed by atoms with Gasteiger partial charge in [-0.25, -0.2) is 20.2 Å². The molecule has 0 bridgehead atoms. The van der Waals surface area contributed by atoms with Gasteiger partial charge in [-0.1, -0.05) is 11.6 Å². The zero-order valence-corrected chi connectivity index (χ0v) is 10.9. The highest BCUT2D eigenvalue weighted by molar-refractivity contribution is 6.31. The third kappa shape index (κ3) is 3.70. The first kappa shape index (κ1) is 15.3. The van der Waals surface area contributed by atoms with Crippen molar-refractivity contribution in [2.45, 2.75) is 6.18 Å². The molecule has 0 aliphatic carbocycles. The van der Waals surface area contributed by atoms with E-state index in [2.05, 4.69) is 15.3 Å². The molecule has 1 heterocycles. The molecule has 0 aliphatic rings. The van der Waals surface area contributed by atoms with Gasteiger partial charge in [0.1, 0.15) is 17.5 Å². The van der Waals surface area contributed by atoms with Gasteiger partial charge in [-0.05, 0) is 18.2 Å². The van der Waals surface area contributed by atoms with Crippen LogP contribution in [-0.2, 0) is 6.18 Å². The fourth-order valence-electron chi connectivity index (χ4n) is 1.43. The Bertz CT molecular complexity index is 662. The molecule has 0 saturated heterocycles. The van der Waals surface area contributed by atoms with Crippen LogP contribution in [0.15, 0.2) is 24.3 Å². The van der Waals surface area contributed by atoms with E-state index in [-0.39, 0.29) is 22.3 Å². The van der Waals surface area contributed by atoms with E-state index in [9.17, 15) is 17.6 Å². The van der Waals surface area contributed by atoms with Crippen molar-refractivity contribution in [2.75, 3.05) is 10.7 Å². The highest BCUT2D eigenvalue weighted by Crippen LogP contribution is 2.29. The fraction of sp³-hybridized carbons (Fsp3) is 0.0909. The van der Waals surface area contributed by atoms with E-state index in [1.807, 2.05) is 5.43 Å². The van der Waals surface area contributed by atoms with E-state index in [1.54, 1.807) is 0 Å². The fourth-order valence-corrected chi connectivity index (χ4v) is 1.61. The largest absolute Gasteiger partial charge is 0.451 e. The Balaban J connectivity index is 2.36. The number of rotatable bonds is 3. The molecule has 1 aromatic heterocycles. The number of hydrogen-bond donors (Lipinski definition) is 3. The van der Waals surface area contributed by atoms with Gasteiger partial charge in [0.05, 0.1) is 5.02 Å². The van der Waals surface area contributed by atoms with Crippen LogP contribution in [0.4, 0.5) is 34.9 Å². The molecule has 112 valence electrons. The number of aromatic nitrogens is 2. The second kappa shape index (κ2) is 5.70. The molecule has 21 heavy (non-hydrogen) atoms. The molecule has 0 atom stereocenters. The van der Waals surface area contributed by atoms with E-state index < -0.39 is 17.8 Å². The van der Waals surface area contributed by atoms with Crippen LogP contribution in [0, 0.1) is 5.82 Å². The lowest BCUT2D eigenvalue weighted by atomic mass is 10.3. The first-order valence-electron chi connectivity index (χ1n) is 5.44. The summed E-state index contributed by atoms with van der Waals surface area (Å²) in [4.78, 5) is 6.52. The Hall–Kier alpha value is -2.13. The molecule has 0 aliphatic heterocycles. The van der Waals surface area contributed by atoms with E-state index >= 15 is 0 Å². The molecular formula is C11H8ClF4N5. The Morgan fingerprint density at radius 1 is 1.10 bits per heavy atom. The third-order valence-electron chi connectivity index (χ3n) is 2.32. The van der Waals surface area contributed by atoms with E-state index in [0.717, 1.165) is 12.1 Å². The van der Waals surface area contributed by atoms with Crippen molar-refractivity contribution in [3.05, 3.63) is 40.9 Å². The second-order valence-corrected chi connectivity index (χ2v) is 4.27. The van der Waals surface area contributed by atoms with Crippen molar-refractivity contribution >= 4 is 28.9 Å². The molecular weight excluding hydrogens is 314 g/mol. The molecule has 0 fully saturated rings. The van der Waals surface area contributed by atoms with Crippen molar-refractivity contribution in [1.82, 2.24) is 9.97 Å². The summed E-state index contributed by atoms with van der Waals surface area (Å²) in [5, 5.41) is 2.38. The number of anilines is 3. The molecule has 0 radical (unpaired) electrons. The number of halogens is 5. The summed E-state index contributed by atoms with van der Waals surface area (Å²) in [5.74, 6) is 2.65. The number of benzene rings is 1. The van der Waals surface area contributed by atoms with Crippen LogP contribution in [0.1, 0.15) is 5.82 Å². The Morgan fingerprint density at radius 2 is 1.76 bits per heavy atom. The van der Waals surface area contributed by atoms with Crippen molar-refractivity contribution in [3.63, 3.8) is 0 Å². The first-order valence-corrected chi connectivity index (χ1v) is 5.82. The molecule has 2 aromatic rings. The van der Waals surface area contributed by atoms with Crippen LogP contribution in [0.2, 0.25) is 5.02 Å². The van der Waals surface area contributed by atoms with Gasteiger partial charge in [-0.15, -0.1) is 0 Å². The Morgan fingerprint density at radius 3 is 2.33 bits per heavy atom. The minimum atomic E-state index is -4.73. The summed E-state index contributed by atoms with van der Waals surface area (Å²) in [6.45, 7) is 0. The molecule has 0 amide bonds. The highest BCUT2D eigenvalue weighted by Gasteiger charge is 2.35. The number of alkyl halides is 3. The molecule has 0 saturated carbocycles. The maximum atomic E-state index is 13.0. The van der Waals surface area contributed by atoms with Gasteiger partial charge in [0, 0.05) is 11.8 Å². The van der Waals surface area contributed by atoms with E-state index in [0.29, 0.717) is 0 Å². The second-order valence-electron chi connectivity index (χ2n) is 3.86. The Labute approximate surface area is 121 Å². The lowest BCUT2D eigenvalue weighted by Crippen LogP contribution is -2.16. The first-order chi connectivity index (χ1) is 9.79. The lowest BCUT2D eigenvalue weighted by Gasteiger charge is -2.11. The SMILES string of the molecule is NNc1cc(Nc2ccc(F)c(Cl)c2)nc(C(F)(F)F)n1. The Kier molecular flexibility index (Phi) is 4.14. The maximum Gasteiger partial charge on any atom is 0.451 e. The van der Waals surface area contributed by atoms with Crippen LogP contribution in [0.25, 0.3) is 0 Å². The summed E-state index contributed by atoms with van der Waals surface area (Å²) >= 11 is 5.58. The normalized spacial score (nSPS) is 11.3. The van der Waals surface area contributed by atoms with Crippen LogP contribution >= 0.6 is 11.6 Å². The van der Waals surface area contributed by atoms with Crippen molar-refractivity contribution in [2.24, 2.45) is 5.84 Å². The molecule has 1 aromatic carbocycles. The summed E-state index contributed by atoms with van der Waals surface area (Å²) < 4.78 is 51.0. The van der Waals surface area contributed by atoms with Crippen molar-refractivity contribution < 1.29 is 17.6 Å². The molecule has 0 unspecified atom stereocenters. The lowest BCUT2D eigenvalue weighted by molar-refractivity contribution is -0.144. The zero-order chi connectivity index (χ0) is 15.6. The van der Waals surface area contributed by atoms with E-state index in [4.69, 9.17) is 17.4 Å². The van der Waals surface area contributed by atoms with Gasteiger partial charge in [-0.3, -0.25) is 0 Å². The summed E-state index contributed by atoms with van der Waals surface area (Å²) in [7, 11) is 0. The predicted octanol–water partition coefficient (Wildman–Crippen LogP) is 3.32. The van der Waals surface area contributed by atoms with Crippen LogP contribution < -0.4 is 16.6 Å². The van der Waals surface area contributed by atoms with Crippen molar-refractivity contribution in [3.8, 4) is 0 Å². The third-order valence-corrected chi connectivity index (χ3v) is 2.61. The average Bonchev–Trinajstić information content (AvgIpc) is 2.41. The van der Waals surface area contributed by atoms with Gasteiger partial charge < -0.3 is 10.7 Å². The molecule has 10 heteroatoms. The zero-order valence-electron chi connectivity index (χ0n) is 10.2. The number of hydrogen-bond acceptors (Lipinski definition) is 5. The minimum Gasteiger partial charge on any atom is -0.340 e. The van der Waals surface area contributed by atoms with Gasteiger partial charge in [0.25, 0.3) is 0 Å². The molecule has 5 nitrogen and oxygen atoms in total. The van der Waals surface area contributed by atoms with Gasteiger partial charge >= 0.3 is 6.18 Å². The number of hydrazine groups is 1. The molecule has 4 N–H and O–H groups in total. The summed E-state index contributed by atoms with van der Waals surface area (Å²) in [6.07, 6.45) is -4.73. The quantitative estimate of drug-likeness (QED) is 0.459. The summed E-state index contributed by atoms with van der Waals surface area (Å²) in [5.41, 5.74) is 2.27. The van der Waals surface area contributed by atoms with E-state index in [1.165, 1.54) is 12.1 Å². The molecule has 2 rings (SSSR count). The van der Waals surface area contributed by atoms with Crippen LogP contribution in [0.3, 0.4) is 0 Å².